The number of hydrogen-bond acceptors (Lipinski definition) is 19. The van der Waals surface area contributed by atoms with E-state index in [0.29, 0.717) is 109 Å². The van der Waals surface area contributed by atoms with Gasteiger partial charge in [-0.15, -0.1) is 0 Å². The van der Waals surface area contributed by atoms with Gasteiger partial charge in [-0.2, -0.15) is 4.98 Å². The minimum atomic E-state index is -1.06. The van der Waals surface area contributed by atoms with E-state index in [9.17, 15) is 33.6 Å². The summed E-state index contributed by atoms with van der Waals surface area (Å²) in [5.74, 6) is -0.525. The summed E-state index contributed by atoms with van der Waals surface area (Å²) in [5, 5.41) is 17.2. The molecule has 2 fully saturated rings. The van der Waals surface area contributed by atoms with Crippen LogP contribution in [0.2, 0.25) is 0 Å². The van der Waals surface area contributed by atoms with E-state index in [4.69, 9.17) is 44.6 Å². The van der Waals surface area contributed by atoms with E-state index >= 15 is 0 Å². The van der Waals surface area contributed by atoms with Crippen LogP contribution in [0.5, 0.6) is 5.75 Å². The Morgan fingerprint density at radius 3 is 2.10 bits per heavy atom. The highest BCUT2D eigenvalue weighted by Gasteiger charge is 2.48. The van der Waals surface area contributed by atoms with E-state index in [-0.39, 0.29) is 88.9 Å². The molecular weight excluding hydrogens is 1330 g/mol. The van der Waals surface area contributed by atoms with E-state index in [1.54, 1.807) is 55.0 Å². The van der Waals surface area contributed by atoms with Crippen molar-refractivity contribution in [2.75, 3.05) is 134 Å². The number of fused-ring (bicyclic) bond motifs is 1. The summed E-state index contributed by atoms with van der Waals surface area (Å²) >= 11 is 0. The number of nitrogens with two attached hydrogens (primary N) is 2. The summed E-state index contributed by atoms with van der Waals surface area (Å²) in [6, 6.07) is 28.1. The third kappa shape index (κ3) is 25.2. The number of rotatable bonds is 44. The predicted molar refractivity (Wildman–Crippen MR) is 397 cm³/mol. The Balaban J connectivity index is 0.678. The number of amides is 8. The number of nitrogens with one attached hydrogen (secondary N) is 6. The van der Waals surface area contributed by atoms with Gasteiger partial charge in [0.05, 0.1) is 91.7 Å². The van der Waals surface area contributed by atoms with Crippen molar-refractivity contribution >= 4 is 75.8 Å². The molecule has 10 N–H and O–H groups in total. The van der Waals surface area contributed by atoms with E-state index in [2.05, 4.69) is 89.4 Å². The fourth-order valence-corrected chi connectivity index (χ4v) is 12.5. The maximum atomic E-state index is 13.8. The van der Waals surface area contributed by atoms with Crippen LogP contribution in [-0.2, 0) is 85.1 Å². The second-order valence-corrected chi connectivity index (χ2v) is 26.4. The number of morpholine rings is 1. The minimum Gasteiger partial charge on any atom is -0.496 e. The first-order valence-electron chi connectivity index (χ1n) is 36.2. The SMILES string of the molecule is CCCCCNc1nc(N)nc2ccn(Cc3ccc(CN4CC5(C4)CN(C(=O)OCc4ccc(NC(=O)[C@H](CCCNC(N)=O)NC(=O)[C@@H](NC(=O)CCOCCOCCOCCOCCNC(=O)CCC(=O)N(Cc6ccccc6CC)c6ccccc6C)C(C)C)cc4)CCO5)cc3OC)c12. The van der Waals surface area contributed by atoms with Gasteiger partial charge < -0.3 is 90.9 Å². The fourth-order valence-electron chi connectivity index (χ4n) is 12.5. The number of nitrogens with zero attached hydrogens (tertiary/aromatic N) is 6. The first-order chi connectivity index (χ1) is 50.3. The van der Waals surface area contributed by atoms with Gasteiger partial charge in [-0.05, 0) is 96.7 Å². The van der Waals surface area contributed by atoms with Gasteiger partial charge in [0.25, 0.3) is 0 Å². The van der Waals surface area contributed by atoms with Gasteiger partial charge in [-0.25, -0.2) is 14.6 Å². The van der Waals surface area contributed by atoms with Gasteiger partial charge in [-0.3, -0.25) is 28.9 Å². The number of aromatic nitrogens is 3. The molecule has 28 nitrogen and oxygen atoms in total. The predicted octanol–water partition coefficient (Wildman–Crippen LogP) is 7.37. The first kappa shape index (κ1) is 80.2. The Kier molecular flexibility index (Phi) is 32.2. The van der Waals surface area contributed by atoms with Crippen molar-refractivity contribution in [3.63, 3.8) is 0 Å². The molecule has 0 radical (unpaired) electrons. The summed E-state index contributed by atoms with van der Waals surface area (Å²) in [6.45, 7) is 17.1. The number of hydrogen-bond donors (Lipinski definition) is 8. The van der Waals surface area contributed by atoms with Gasteiger partial charge >= 0.3 is 12.1 Å². The third-order valence-electron chi connectivity index (χ3n) is 18.0. The lowest BCUT2D eigenvalue weighted by Gasteiger charge is -2.53. The molecule has 2 atom stereocenters. The van der Waals surface area contributed by atoms with Crippen molar-refractivity contribution in [3.8, 4) is 5.75 Å². The molecule has 564 valence electrons. The number of para-hydroxylation sites is 1. The summed E-state index contributed by atoms with van der Waals surface area (Å²) in [5.41, 5.74) is 19.7. The van der Waals surface area contributed by atoms with Crippen molar-refractivity contribution in [3.05, 3.63) is 137 Å². The van der Waals surface area contributed by atoms with E-state index in [0.717, 1.165) is 77.0 Å². The summed E-state index contributed by atoms with van der Waals surface area (Å²) < 4.78 is 42.5. The highest BCUT2D eigenvalue weighted by molar-refractivity contribution is 5.99. The molecule has 0 saturated carbocycles. The average Bonchev–Trinajstić information content (AvgIpc) is 1.02. The number of anilines is 4. The van der Waals surface area contributed by atoms with Gasteiger partial charge in [-0.1, -0.05) is 107 Å². The van der Waals surface area contributed by atoms with Crippen LogP contribution in [0.4, 0.5) is 32.7 Å². The number of ether oxygens (including phenoxy) is 7. The number of methoxy groups -OCH3 is 1. The number of aryl methyl sites for hydroxylation is 2. The molecule has 2 aromatic heterocycles. The van der Waals surface area contributed by atoms with E-state index < -0.39 is 47.5 Å². The Labute approximate surface area is 609 Å². The molecule has 0 aliphatic carbocycles. The number of unbranched alkanes of at least 4 members (excludes halogenated alkanes) is 2. The number of likely N-dealkylation sites (tertiary alicyclic amines) is 1. The average molecular weight is 1440 g/mol. The zero-order valence-corrected chi connectivity index (χ0v) is 61.1. The molecule has 2 aliphatic heterocycles. The summed E-state index contributed by atoms with van der Waals surface area (Å²) in [4.78, 5) is 107. The van der Waals surface area contributed by atoms with Gasteiger partial charge in [0, 0.05) is 88.2 Å². The molecule has 6 aromatic rings. The number of nitrogen functional groups attached to an aromatic ring is 1. The van der Waals surface area contributed by atoms with Crippen molar-refractivity contribution < 1.29 is 66.7 Å². The number of benzene rings is 4. The quantitative estimate of drug-likeness (QED) is 0.0173. The van der Waals surface area contributed by atoms with Crippen LogP contribution < -0.4 is 53.0 Å². The van der Waals surface area contributed by atoms with Crippen LogP contribution >= 0.6 is 0 Å². The Bertz CT molecular complexity index is 3760. The Morgan fingerprint density at radius 1 is 0.692 bits per heavy atom. The maximum Gasteiger partial charge on any atom is 0.410 e. The lowest BCUT2D eigenvalue weighted by Crippen LogP contribution is -2.70. The molecular formula is C76H106N14O14. The third-order valence-corrected chi connectivity index (χ3v) is 18.0. The van der Waals surface area contributed by atoms with Crippen LogP contribution in [0.25, 0.3) is 11.0 Å². The van der Waals surface area contributed by atoms with Crippen molar-refractivity contribution in [2.45, 2.75) is 136 Å². The summed E-state index contributed by atoms with van der Waals surface area (Å²) in [6.07, 6.45) is 6.17. The normalized spacial score (nSPS) is 13.9. The molecule has 8 amide bonds. The monoisotopic (exact) mass is 1440 g/mol. The van der Waals surface area contributed by atoms with Crippen LogP contribution in [0.3, 0.4) is 0 Å². The highest BCUT2D eigenvalue weighted by Crippen LogP contribution is 2.33. The lowest BCUT2D eigenvalue weighted by molar-refractivity contribution is -0.181. The maximum absolute atomic E-state index is 13.8. The fraction of sp³-hybridized carbons (Fsp3) is 0.513. The van der Waals surface area contributed by atoms with E-state index in [1.165, 1.54) is 5.56 Å². The van der Waals surface area contributed by atoms with E-state index in [1.807, 2.05) is 61.7 Å². The topological polar surface area (TPSA) is 349 Å². The second kappa shape index (κ2) is 41.7. The largest absolute Gasteiger partial charge is 0.496 e. The Morgan fingerprint density at radius 2 is 1.39 bits per heavy atom. The molecule has 4 heterocycles. The zero-order valence-electron chi connectivity index (χ0n) is 61.1. The molecule has 28 heteroatoms. The van der Waals surface area contributed by atoms with Crippen LogP contribution in [0, 0.1) is 12.8 Å². The molecule has 1 spiro atoms. The summed E-state index contributed by atoms with van der Waals surface area (Å²) in [7, 11) is 1.67. The zero-order chi connectivity index (χ0) is 74.2. The number of urea groups is 1. The second-order valence-electron chi connectivity index (χ2n) is 26.4. The van der Waals surface area contributed by atoms with Crippen LogP contribution in [0.1, 0.15) is 112 Å². The molecule has 8 rings (SSSR count). The lowest BCUT2D eigenvalue weighted by atomic mass is 9.91. The molecule has 0 bridgehead atoms. The van der Waals surface area contributed by atoms with Crippen LogP contribution in [0.15, 0.2) is 103 Å². The first-order valence-corrected chi connectivity index (χ1v) is 36.2. The van der Waals surface area contributed by atoms with Gasteiger partial charge in [0.15, 0.2) is 5.82 Å². The highest BCUT2D eigenvalue weighted by atomic mass is 16.6. The molecule has 0 unspecified atom stereocenters. The molecule has 2 saturated heterocycles. The smallest absolute Gasteiger partial charge is 0.410 e. The number of carbonyl (C=O) groups excluding carboxylic acids is 7. The number of primary amides is 1. The van der Waals surface area contributed by atoms with Crippen molar-refractivity contribution in [1.29, 1.82) is 0 Å². The Hall–Kier alpha value is -9.45. The number of carbonyl (C=O) groups is 7. The molecule has 104 heavy (non-hydrogen) atoms. The van der Waals surface area contributed by atoms with Crippen LogP contribution in [-0.4, -0.2) is 196 Å². The molecule has 4 aromatic carbocycles. The minimum absolute atomic E-state index is 0.0151. The standard InChI is InChI=1S/C76H106N14O14/c1-7-9-14-31-80-70-69-61(84-73(77)86-70)29-34-88(69)47-59-24-21-56(45-64(59)98-6)46-87-50-76(51-87)52-89(35-38-104-76)75(97)103-49-55-22-25-60(26-23-55)82-71(94)62(19-15-32-81-74(78)96)83-72(95)68(53(3)4)85-66(92)30-36-99-39-41-101-43-44-102-42-40-100-37-33-79-65(91)27-28-67(93)90(63-20-13-10-16-54(63)5)48-58-18-12-11-17-57(58)8-2/h10-13,16-18,20-26,29,34,45,53,62,68H,7-9,14-15,19,27-28,30-33,35-44,46-52H2,1-6H3,(H,79,91)(H,82,94)(H,83,95)(H,85,92)(H3,78,81,96)(H3,77,80,84,86)/t62-,68-/m0/s1. The molecule has 2 aliphatic rings. The van der Waals surface area contributed by atoms with Crippen molar-refractivity contribution in [2.24, 2.45) is 11.7 Å². The van der Waals surface area contributed by atoms with Crippen molar-refractivity contribution in [1.82, 2.24) is 45.6 Å². The van der Waals surface area contributed by atoms with Gasteiger partial charge in [0.2, 0.25) is 35.5 Å². The van der Waals surface area contributed by atoms with Gasteiger partial charge in [0.1, 0.15) is 35.6 Å².